The van der Waals surface area contributed by atoms with E-state index in [1.807, 2.05) is 0 Å². The maximum absolute atomic E-state index is 13.6. The summed E-state index contributed by atoms with van der Waals surface area (Å²) >= 11 is 4.20. The Bertz CT molecular complexity index is 531. The second-order valence-corrected chi connectivity index (χ2v) is 5.75. The van der Waals surface area contributed by atoms with Gasteiger partial charge in [0.15, 0.2) is 11.6 Å². The lowest BCUT2D eigenvalue weighted by molar-refractivity contribution is 0.0864. The van der Waals surface area contributed by atoms with Gasteiger partial charge in [-0.25, -0.2) is 13.2 Å². The number of carbonyl (C=O) groups is 1. The summed E-state index contributed by atoms with van der Waals surface area (Å²) in [6.07, 6.45) is 1.20. The van der Waals surface area contributed by atoms with E-state index in [1.165, 1.54) is 0 Å². The van der Waals surface area contributed by atoms with Gasteiger partial charge in [-0.05, 0) is 31.9 Å². The second kappa shape index (κ2) is 5.65. The summed E-state index contributed by atoms with van der Waals surface area (Å²) < 4.78 is 42.0. The van der Waals surface area contributed by atoms with Crippen LogP contribution in [-0.4, -0.2) is 28.8 Å². The molecule has 0 bridgehead atoms. The number of halogens is 3. The largest absolute Gasteiger partial charge is 0.347 e. The smallest absolute Gasteiger partial charge is 0.257 e. The number of hydrogen-bond acceptors (Lipinski definition) is 3. The van der Waals surface area contributed by atoms with E-state index in [9.17, 15) is 18.0 Å². The Morgan fingerprint density at radius 2 is 1.80 bits per heavy atom. The van der Waals surface area contributed by atoms with Crippen molar-refractivity contribution in [3.05, 3.63) is 35.1 Å². The molecule has 0 aromatic heterocycles. The van der Waals surface area contributed by atoms with Gasteiger partial charge >= 0.3 is 0 Å². The normalized spacial score (nSPS) is 18.9. The molecule has 1 fully saturated rings. The molecule has 7 heteroatoms. The molecular formula is C13H15F3N2OS. The van der Waals surface area contributed by atoms with Crippen molar-refractivity contribution < 1.29 is 18.0 Å². The van der Waals surface area contributed by atoms with Crippen LogP contribution in [-0.2, 0) is 0 Å². The van der Waals surface area contributed by atoms with Crippen LogP contribution < -0.4 is 5.32 Å². The number of piperidine rings is 1. The average Bonchev–Trinajstić information content (AvgIpc) is 2.38. The molecule has 0 atom stereocenters. The van der Waals surface area contributed by atoms with Gasteiger partial charge in [-0.2, -0.15) is 0 Å². The van der Waals surface area contributed by atoms with Crippen molar-refractivity contribution in [3.8, 4) is 0 Å². The average molecular weight is 304 g/mol. The Balaban J connectivity index is 2.19. The van der Waals surface area contributed by atoms with Crippen LogP contribution in [0.2, 0.25) is 0 Å². The summed E-state index contributed by atoms with van der Waals surface area (Å²) in [5, 5.41) is 2.59. The first kappa shape index (κ1) is 15.2. The molecule has 1 aromatic rings. The number of rotatable bonds is 2. The number of benzene rings is 1. The van der Waals surface area contributed by atoms with E-state index in [4.69, 9.17) is 0 Å². The third-order valence-corrected chi connectivity index (χ3v) is 3.93. The fourth-order valence-corrected chi connectivity index (χ4v) is 2.39. The minimum atomic E-state index is -1.46. The van der Waals surface area contributed by atoms with Crippen LogP contribution in [0.25, 0.3) is 0 Å². The Morgan fingerprint density at radius 3 is 2.40 bits per heavy atom. The van der Waals surface area contributed by atoms with Crippen LogP contribution >= 0.6 is 12.8 Å². The van der Waals surface area contributed by atoms with E-state index in [0.29, 0.717) is 32.0 Å². The zero-order chi connectivity index (χ0) is 14.9. The van der Waals surface area contributed by atoms with Gasteiger partial charge in [0.25, 0.3) is 5.91 Å². The first-order valence-corrected chi connectivity index (χ1v) is 6.62. The van der Waals surface area contributed by atoms with Gasteiger partial charge in [-0.3, -0.25) is 9.10 Å². The summed E-state index contributed by atoms with van der Waals surface area (Å²) in [6, 6.07) is 1.40. The highest BCUT2D eigenvalue weighted by molar-refractivity contribution is 7.77. The van der Waals surface area contributed by atoms with Gasteiger partial charge in [0.05, 0.1) is 0 Å². The Hall–Kier alpha value is -1.21. The molecule has 1 N–H and O–H groups in total. The lowest BCUT2D eigenvalue weighted by Gasteiger charge is -2.37. The number of nitrogens with zero attached hydrogens (tertiary/aromatic N) is 1. The highest BCUT2D eigenvalue weighted by Gasteiger charge is 2.32. The first-order chi connectivity index (χ1) is 9.32. The molecule has 1 aliphatic heterocycles. The lowest BCUT2D eigenvalue weighted by atomic mass is 9.90. The molecule has 1 aliphatic rings. The van der Waals surface area contributed by atoms with Crippen molar-refractivity contribution in [1.29, 1.82) is 0 Å². The van der Waals surface area contributed by atoms with Crippen molar-refractivity contribution in [1.82, 2.24) is 9.62 Å². The van der Waals surface area contributed by atoms with E-state index in [-0.39, 0.29) is 0 Å². The minimum absolute atomic E-state index is 0.582. The van der Waals surface area contributed by atoms with Gasteiger partial charge in [-0.15, -0.1) is 0 Å². The van der Waals surface area contributed by atoms with E-state index in [0.717, 1.165) is 6.07 Å². The van der Waals surface area contributed by atoms with Crippen molar-refractivity contribution in [2.75, 3.05) is 13.1 Å². The quantitative estimate of drug-likeness (QED) is 0.650. The Morgan fingerprint density at radius 1 is 1.25 bits per heavy atom. The monoisotopic (exact) mass is 304 g/mol. The summed E-state index contributed by atoms with van der Waals surface area (Å²) in [6.45, 7) is 3.09. The van der Waals surface area contributed by atoms with Crippen LogP contribution in [0, 0.1) is 17.5 Å². The van der Waals surface area contributed by atoms with Gasteiger partial charge in [0.1, 0.15) is 11.4 Å². The Kier molecular flexibility index (Phi) is 4.29. The third-order valence-electron chi connectivity index (χ3n) is 3.53. The molecule has 0 radical (unpaired) electrons. The van der Waals surface area contributed by atoms with Gasteiger partial charge in [0, 0.05) is 18.6 Å². The second-order valence-electron chi connectivity index (χ2n) is 5.19. The van der Waals surface area contributed by atoms with Crippen LogP contribution in [0.3, 0.4) is 0 Å². The van der Waals surface area contributed by atoms with Crippen LogP contribution in [0.15, 0.2) is 12.1 Å². The molecule has 0 spiro atoms. The van der Waals surface area contributed by atoms with Gasteiger partial charge in [-0.1, -0.05) is 12.8 Å². The molecule has 110 valence electrons. The van der Waals surface area contributed by atoms with E-state index < -0.39 is 34.5 Å². The number of nitrogens with one attached hydrogen (secondary N) is 1. The highest BCUT2D eigenvalue weighted by Crippen LogP contribution is 2.24. The predicted molar refractivity (Wildman–Crippen MR) is 72.0 cm³/mol. The van der Waals surface area contributed by atoms with Gasteiger partial charge in [0.2, 0.25) is 0 Å². The van der Waals surface area contributed by atoms with Crippen molar-refractivity contribution in [2.45, 2.75) is 25.3 Å². The minimum Gasteiger partial charge on any atom is -0.347 e. The Labute approximate surface area is 120 Å². The van der Waals surface area contributed by atoms with Crippen LogP contribution in [0.4, 0.5) is 13.2 Å². The van der Waals surface area contributed by atoms with Gasteiger partial charge < -0.3 is 5.32 Å². The lowest BCUT2D eigenvalue weighted by Crippen LogP contribution is -2.52. The van der Waals surface area contributed by atoms with Crippen LogP contribution in [0.5, 0.6) is 0 Å². The van der Waals surface area contributed by atoms with E-state index in [2.05, 4.69) is 18.1 Å². The summed E-state index contributed by atoms with van der Waals surface area (Å²) in [5.41, 5.74) is -1.46. The first-order valence-electron chi connectivity index (χ1n) is 6.22. The molecule has 2 rings (SSSR count). The number of carbonyl (C=O) groups excluding carboxylic acids is 1. The maximum atomic E-state index is 13.6. The fraction of sp³-hybridized carbons (Fsp3) is 0.462. The molecule has 0 unspecified atom stereocenters. The molecule has 0 aliphatic carbocycles. The zero-order valence-corrected chi connectivity index (χ0v) is 11.8. The summed E-state index contributed by atoms with van der Waals surface area (Å²) in [7, 11) is 0. The van der Waals surface area contributed by atoms with Crippen LogP contribution in [0.1, 0.15) is 30.1 Å². The van der Waals surface area contributed by atoms with Crippen molar-refractivity contribution >= 4 is 18.7 Å². The number of amides is 1. The molecule has 3 nitrogen and oxygen atoms in total. The van der Waals surface area contributed by atoms with Crippen molar-refractivity contribution in [3.63, 3.8) is 0 Å². The molecule has 1 aromatic carbocycles. The standard InChI is InChI=1S/C13H15F3N2OS/c1-13(4-6-18(20)7-5-13)17-12(19)10-8(14)2-3-9(15)11(10)16/h2-3,20H,4-7H2,1H3,(H,17,19). The summed E-state index contributed by atoms with van der Waals surface area (Å²) in [5.74, 6) is -4.71. The highest BCUT2D eigenvalue weighted by atomic mass is 32.1. The molecule has 20 heavy (non-hydrogen) atoms. The zero-order valence-electron chi connectivity index (χ0n) is 10.9. The molecular weight excluding hydrogens is 289 g/mol. The predicted octanol–water partition coefficient (Wildman–Crippen LogP) is 2.53. The molecule has 1 heterocycles. The summed E-state index contributed by atoms with van der Waals surface area (Å²) in [4.78, 5) is 12.0. The topological polar surface area (TPSA) is 32.3 Å². The maximum Gasteiger partial charge on any atom is 0.257 e. The van der Waals surface area contributed by atoms with E-state index in [1.54, 1.807) is 11.2 Å². The van der Waals surface area contributed by atoms with E-state index >= 15 is 0 Å². The third kappa shape index (κ3) is 3.09. The molecule has 1 amide bonds. The molecule has 0 saturated carbocycles. The number of thiol groups is 1. The van der Waals surface area contributed by atoms with Crippen molar-refractivity contribution in [2.24, 2.45) is 0 Å². The molecule has 1 saturated heterocycles. The fourth-order valence-electron chi connectivity index (χ4n) is 2.19. The number of hydrogen-bond donors (Lipinski definition) is 2. The SMILES string of the molecule is CC1(NC(=O)c2c(F)ccc(F)c2F)CCN(S)CC1.